The van der Waals surface area contributed by atoms with Crippen LogP contribution < -0.4 is 10.2 Å². The summed E-state index contributed by atoms with van der Waals surface area (Å²) in [7, 11) is 0. The molecule has 0 unspecified atom stereocenters. The lowest BCUT2D eigenvalue weighted by molar-refractivity contribution is -0.129. The summed E-state index contributed by atoms with van der Waals surface area (Å²) in [4.78, 5) is 31.7. The molecule has 0 atom stereocenters. The maximum Gasteiger partial charge on any atom is 0.229 e. The third kappa shape index (κ3) is 4.56. The summed E-state index contributed by atoms with van der Waals surface area (Å²) in [6, 6.07) is 9.51. The molecule has 1 fully saturated rings. The molecule has 6 nitrogen and oxygen atoms in total. The number of halogens is 1. The van der Waals surface area contributed by atoms with E-state index in [2.05, 4.69) is 15.2 Å². The number of nitrogens with one attached hydrogen (secondary N) is 1. The first-order valence-corrected chi connectivity index (χ1v) is 8.52. The second-order valence-electron chi connectivity index (χ2n) is 6.25. The third-order valence-electron chi connectivity index (χ3n) is 4.38. The summed E-state index contributed by atoms with van der Waals surface area (Å²) >= 11 is 0. The van der Waals surface area contributed by atoms with Crippen LogP contribution in [-0.2, 0) is 16.0 Å². The zero-order chi connectivity index (χ0) is 18.5. The second-order valence-corrected chi connectivity index (χ2v) is 6.25. The number of nitrogens with zero attached hydrogens (tertiary/aromatic N) is 3. The number of aromatic nitrogens is 1. The van der Waals surface area contributed by atoms with Gasteiger partial charge in [-0.1, -0.05) is 12.1 Å². The van der Waals surface area contributed by atoms with Crippen LogP contribution in [0.4, 0.5) is 15.9 Å². The monoisotopic (exact) mass is 356 g/mol. The van der Waals surface area contributed by atoms with Gasteiger partial charge in [0, 0.05) is 33.1 Å². The van der Waals surface area contributed by atoms with E-state index in [0.717, 1.165) is 24.3 Å². The summed E-state index contributed by atoms with van der Waals surface area (Å²) in [5, 5.41) is 2.74. The number of carbonyl (C=O) groups excluding carboxylic acids is 2. The van der Waals surface area contributed by atoms with E-state index in [1.165, 1.54) is 12.1 Å². The fourth-order valence-electron chi connectivity index (χ4n) is 2.90. The van der Waals surface area contributed by atoms with Crippen molar-refractivity contribution in [2.24, 2.45) is 0 Å². The van der Waals surface area contributed by atoms with E-state index >= 15 is 0 Å². The van der Waals surface area contributed by atoms with Gasteiger partial charge >= 0.3 is 0 Å². The third-order valence-corrected chi connectivity index (χ3v) is 4.38. The van der Waals surface area contributed by atoms with Gasteiger partial charge in [-0.2, -0.15) is 0 Å². The van der Waals surface area contributed by atoms with E-state index in [1.807, 2.05) is 11.0 Å². The number of benzene rings is 1. The SMILES string of the molecule is CC(=O)N1CCN(c2ccc(NC(=O)Cc3ccc(F)cc3)nc2)CC1. The predicted molar refractivity (Wildman–Crippen MR) is 97.4 cm³/mol. The Hall–Kier alpha value is -2.96. The van der Waals surface area contributed by atoms with Crippen molar-refractivity contribution in [2.75, 3.05) is 36.4 Å². The van der Waals surface area contributed by atoms with Crippen molar-refractivity contribution in [2.45, 2.75) is 13.3 Å². The number of carbonyl (C=O) groups is 2. The molecule has 0 bridgehead atoms. The molecule has 26 heavy (non-hydrogen) atoms. The molecule has 0 aliphatic carbocycles. The van der Waals surface area contributed by atoms with Crippen LogP contribution >= 0.6 is 0 Å². The minimum atomic E-state index is -0.324. The zero-order valence-electron chi connectivity index (χ0n) is 14.6. The van der Waals surface area contributed by atoms with Crippen molar-refractivity contribution >= 4 is 23.3 Å². The number of amides is 2. The largest absolute Gasteiger partial charge is 0.367 e. The molecule has 2 amide bonds. The lowest BCUT2D eigenvalue weighted by Gasteiger charge is -2.35. The molecular weight excluding hydrogens is 335 g/mol. The molecule has 7 heteroatoms. The molecule has 2 aromatic rings. The highest BCUT2D eigenvalue weighted by Crippen LogP contribution is 2.17. The summed E-state index contributed by atoms with van der Waals surface area (Å²) in [6.45, 7) is 4.51. The number of hydrogen-bond donors (Lipinski definition) is 1. The van der Waals surface area contributed by atoms with Crippen molar-refractivity contribution in [1.82, 2.24) is 9.88 Å². The van der Waals surface area contributed by atoms with Crippen molar-refractivity contribution in [3.8, 4) is 0 Å². The van der Waals surface area contributed by atoms with Crippen LogP contribution in [-0.4, -0.2) is 47.9 Å². The van der Waals surface area contributed by atoms with Gasteiger partial charge in [-0.05, 0) is 29.8 Å². The molecule has 0 saturated carbocycles. The highest BCUT2D eigenvalue weighted by atomic mass is 19.1. The van der Waals surface area contributed by atoms with E-state index in [9.17, 15) is 14.0 Å². The van der Waals surface area contributed by atoms with Gasteiger partial charge in [0.2, 0.25) is 11.8 Å². The molecule has 1 aromatic heterocycles. The van der Waals surface area contributed by atoms with E-state index in [-0.39, 0.29) is 24.1 Å². The van der Waals surface area contributed by atoms with Gasteiger partial charge in [0.15, 0.2) is 0 Å². The highest BCUT2D eigenvalue weighted by Gasteiger charge is 2.19. The summed E-state index contributed by atoms with van der Waals surface area (Å²) in [6.07, 6.45) is 1.88. The first-order valence-electron chi connectivity index (χ1n) is 8.52. The first-order chi connectivity index (χ1) is 12.5. The van der Waals surface area contributed by atoms with Crippen LogP contribution in [0, 0.1) is 5.82 Å². The van der Waals surface area contributed by atoms with E-state index < -0.39 is 0 Å². The molecule has 1 aliphatic rings. The number of anilines is 2. The predicted octanol–water partition coefficient (Wildman–Crippen LogP) is 2.07. The standard InChI is InChI=1S/C19H21FN4O2/c1-14(25)23-8-10-24(11-9-23)17-6-7-18(21-13-17)22-19(26)12-15-2-4-16(20)5-3-15/h2-7,13H,8-12H2,1H3,(H,21,22,26). The average Bonchev–Trinajstić information content (AvgIpc) is 2.64. The van der Waals surface area contributed by atoms with Crippen molar-refractivity contribution in [3.63, 3.8) is 0 Å². The molecule has 0 radical (unpaired) electrons. The Balaban J connectivity index is 1.53. The number of hydrogen-bond acceptors (Lipinski definition) is 4. The Bertz CT molecular complexity index is 769. The lowest BCUT2D eigenvalue weighted by Crippen LogP contribution is -2.48. The molecular formula is C19H21FN4O2. The van der Waals surface area contributed by atoms with E-state index in [0.29, 0.717) is 18.9 Å². The van der Waals surface area contributed by atoms with Gasteiger partial charge in [0.25, 0.3) is 0 Å². The molecule has 3 rings (SSSR count). The van der Waals surface area contributed by atoms with Gasteiger partial charge in [-0.25, -0.2) is 9.37 Å². The first kappa shape index (κ1) is 17.8. The van der Waals surface area contributed by atoms with Gasteiger partial charge < -0.3 is 15.1 Å². The van der Waals surface area contributed by atoms with E-state index in [1.54, 1.807) is 31.3 Å². The zero-order valence-corrected chi connectivity index (χ0v) is 14.6. The lowest BCUT2D eigenvalue weighted by atomic mass is 10.1. The Morgan fingerprint density at radius 1 is 1.08 bits per heavy atom. The number of pyridine rings is 1. The Morgan fingerprint density at radius 3 is 2.35 bits per heavy atom. The van der Waals surface area contributed by atoms with Gasteiger partial charge in [0.05, 0.1) is 18.3 Å². The Morgan fingerprint density at radius 2 is 1.77 bits per heavy atom. The van der Waals surface area contributed by atoms with Gasteiger partial charge in [0.1, 0.15) is 11.6 Å². The molecule has 2 heterocycles. The smallest absolute Gasteiger partial charge is 0.229 e. The molecule has 1 aliphatic heterocycles. The molecule has 136 valence electrons. The average molecular weight is 356 g/mol. The topological polar surface area (TPSA) is 65.5 Å². The van der Waals surface area contributed by atoms with Crippen LogP contribution in [0.15, 0.2) is 42.6 Å². The van der Waals surface area contributed by atoms with Crippen LogP contribution in [0.3, 0.4) is 0 Å². The second kappa shape index (κ2) is 7.95. The number of piperazine rings is 1. The molecule has 1 N–H and O–H groups in total. The summed E-state index contributed by atoms with van der Waals surface area (Å²) < 4.78 is 12.9. The van der Waals surface area contributed by atoms with Crippen LogP contribution in [0.1, 0.15) is 12.5 Å². The molecule has 0 spiro atoms. The Labute approximate surface area is 151 Å². The fraction of sp³-hybridized carbons (Fsp3) is 0.316. The van der Waals surface area contributed by atoms with Gasteiger partial charge in [-0.15, -0.1) is 0 Å². The number of rotatable bonds is 4. The molecule has 1 saturated heterocycles. The summed E-state index contributed by atoms with van der Waals surface area (Å²) in [5.41, 5.74) is 1.70. The minimum Gasteiger partial charge on any atom is -0.367 e. The summed E-state index contributed by atoms with van der Waals surface area (Å²) in [5.74, 6) is 0.0488. The van der Waals surface area contributed by atoms with Crippen LogP contribution in [0.25, 0.3) is 0 Å². The van der Waals surface area contributed by atoms with Crippen LogP contribution in [0.5, 0.6) is 0 Å². The normalized spacial score (nSPS) is 14.2. The van der Waals surface area contributed by atoms with Crippen molar-refractivity contribution < 1.29 is 14.0 Å². The fourth-order valence-corrected chi connectivity index (χ4v) is 2.90. The maximum atomic E-state index is 12.9. The quantitative estimate of drug-likeness (QED) is 0.911. The minimum absolute atomic E-state index is 0.0991. The van der Waals surface area contributed by atoms with Crippen molar-refractivity contribution in [3.05, 3.63) is 54.0 Å². The highest BCUT2D eigenvalue weighted by molar-refractivity contribution is 5.91. The van der Waals surface area contributed by atoms with Crippen LogP contribution in [0.2, 0.25) is 0 Å². The molecule has 1 aromatic carbocycles. The maximum absolute atomic E-state index is 12.9. The van der Waals surface area contributed by atoms with Gasteiger partial charge in [-0.3, -0.25) is 9.59 Å². The Kier molecular flexibility index (Phi) is 5.46. The van der Waals surface area contributed by atoms with E-state index in [4.69, 9.17) is 0 Å². The van der Waals surface area contributed by atoms with Crippen molar-refractivity contribution in [1.29, 1.82) is 0 Å².